The lowest BCUT2D eigenvalue weighted by Gasteiger charge is -2.36. The Morgan fingerprint density at radius 3 is 2.61 bits per heavy atom. The molecule has 0 aromatic carbocycles. The Bertz CT molecular complexity index is 686. The fourth-order valence-electron chi connectivity index (χ4n) is 3.91. The van der Waals surface area contributed by atoms with E-state index in [0.29, 0.717) is 11.2 Å². The number of likely N-dealkylation sites (tertiary alicyclic amines) is 1. The van der Waals surface area contributed by atoms with Gasteiger partial charge in [-0.3, -0.25) is 4.90 Å². The molecule has 28 heavy (non-hydrogen) atoms. The van der Waals surface area contributed by atoms with Crippen molar-refractivity contribution in [3.05, 3.63) is 16.9 Å². The molecule has 0 bridgehead atoms. The van der Waals surface area contributed by atoms with Gasteiger partial charge in [-0.25, -0.2) is 14.8 Å². The third-order valence-corrected chi connectivity index (χ3v) is 5.71. The number of amides is 1. The molecule has 0 radical (unpaired) electrons. The average molecular weight is 410 g/mol. The second-order valence-corrected chi connectivity index (χ2v) is 9.04. The summed E-state index contributed by atoms with van der Waals surface area (Å²) in [5.74, 6) is 0.728. The molecule has 1 N–H and O–H groups in total. The molecule has 2 saturated heterocycles. The Labute approximate surface area is 172 Å². The predicted octanol–water partition coefficient (Wildman–Crippen LogP) is 3.26. The molecule has 1 unspecified atom stereocenters. The fraction of sp³-hybridized carbons (Fsp3) is 0.750. The highest BCUT2D eigenvalue weighted by molar-refractivity contribution is 6.30. The number of nitrogens with zero attached hydrogens (tertiary/aromatic N) is 4. The molecule has 1 aromatic rings. The highest BCUT2D eigenvalue weighted by Crippen LogP contribution is 2.25. The van der Waals surface area contributed by atoms with E-state index >= 15 is 0 Å². The number of ether oxygens (including phenoxy) is 1. The number of nitrogens with one attached hydrogen (secondary N) is 1. The lowest BCUT2D eigenvalue weighted by atomic mass is 10.0. The third-order valence-electron chi connectivity index (χ3n) is 5.38. The number of alkyl carbamates (subject to hydrolysis) is 1. The van der Waals surface area contributed by atoms with Gasteiger partial charge >= 0.3 is 6.09 Å². The summed E-state index contributed by atoms with van der Waals surface area (Å²) >= 11 is 6.25. The van der Waals surface area contributed by atoms with Gasteiger partial charge in [-0.15, -0.1) is 0 Å². The van der Waals surface area contributed by atoms with Crippen molar-refractivity contribution in [1.29, 1.82) is 0 Å². The number of rotatable bonds is 4. The van der Waals surface area contributed by atoms with E-state index in [1.807, 2.05) is 27.0 Å². The zero-order valence-electron chi connectivity index (χ0n) is 17.4. The Morgan fingerprint density at radius 2 is 2.00 bits per heavy atom. The van der Waals surface area contributed by atoms with Crippen LogP contribution < -0.4 is 10.2 Å². The zero-order chi connectivity index (χ0) is 20.3. The molecule has 156 valence electrons. The van der Waals surface area contributed by atoms with Gasteiger partial charge in [-0.2, -0.15) is 0 Å². The molecule has 7 nitrogen and oxygen atoms in total. The summed E-state index contributed by atoms with van der Waals surface area (Å²) in [4.78, 5) is 25.7. The molecule has 0 spiro atoms. The summed E-state index contributed by atoms with van der Waals surface area (Å²) < 4.78 is 5.37. The molecule has 2 fully saturated rings. The van der Waals surface area contributed by atoms with Gasteiger partial charge in [-0.1, -0.05) is 18.5 Å². The van der Waals surface area contributed by atoms with E-state index in [1.54, 1.807) is 0 Å². The largest absolute Gasteiger partial charge is 0.444 e. The maximum Gasteiger partial charge on any atom is 0.407 e. The number of piperidine rings is 1. The van der Waals surface area contributed by atoms with Crippen LogP contribution in [0.2, 0.25) is 5.15 Å². The monoisotopic (exact) mass is 409 g/mol. The fourth-order valence-corrected chi connectivity index (χ4v) is 4.17. The minimum Gasteiger partial charge on any atom is -0.444 e. The Morgan fingerprint density at radius 1 is 1.29 bits per heavy atom. The number of aryl methyl sites for hydroxylation is 1. The lowest BCUT2D eigenvalue weighted by Crippen LogP contribution is -2.46. The first-order chi connectivity index (χ1) is 13.2. The highest BCUT2D eigenvalue weighted by Gasteiger charge is 2.32. The molecule has 1 aromatic heterocycles. The van der Waals surface area contributed by atoms with Crippen molar-refractivity contribution in [3.63, 3.8) is 0 Å². The first kappa shape index (κ1) is 21.1. The number of aromatic nitrogens is 2. The van der Waals surface area contributed by atoms with E-state index in [4.69, 9.17) is 16.3 Å². The Kier molecular flexibility index (Phi) is 6.65. The van der Waals surface area contributed by atoms with Crippen LogP contribution in [0.25, 0.3) is 0 Å². The summed E-state index contributed by atoms with van der Waals surface area (Å²) in [6, 6.07) is 0.698. The van der Waals surface area contributed by atoms with E-state index in [9.17, 15) is 4.79 Å². The van der Waals surface area contributed by atoms with Gasteiger partial charge in [0.1, 0.15) is 10.8 Å². The first-order valence-electron chi connectivity index (χ1n) is 10.2. The summed E-state index contributed by atoms with van der Waals surface area (Å²) in [7, 11) is 0. The van der Waals surface area contributed by atoms with Gasteiger partial charge in [0.15, 0.2) is 0 Å². The SMILES string of the molecule is CCc1cnc(N2CCC(N3CCC(NC(=O)OC(C)(C)C)C3)CC2)nc1Cl. The van der Waals surface area contributed by atoms with Gasteiger partial charge in [0.25, 0.3) is 0 Å². The number of carbonyl (C=O) groups excluding carboxylic acids is 1. The summed E-state index contributed by atoms with van der Waals surface area (Å²) in [6.07, 6.45) is 5.46. The summed E-state index contributed by atoms with van der Waals surface area (Å²) in [5, 5.41) is 3.57. The van der Waals surface area contributed by atoms with Crippen molar-refractivity contribution in [3.8, 4) is 0 Å². The van der Waals surface area contributed by atoms with Gasteiger partial charge in [0.2, 0.25) is 5.95 Å². The van der Waals surface area contributed by atoms with Crippen molar-refractivity contribution in [2.75, 3.05) is 31.1 Å². The van der Waals surface area contributed by atoms with Gasteiger partial charge in [-0.05, 0) is 46.5 Å². The predicted molar refractivity (Wildman–Crippen MR) is 111 cm³/mol. The molecular formula is C20H32ClN5O2. The van der Waals surface area contributed by atoms with Crippen LogP contribution in [0.5, 0.6) is 0 Å². The number of halogens is 1. The van der Waals surface area contributed by atoms with E-state index in [2.05, 4.69) is 32.0 Å². The second kappa shape index (κ2) is 8.82. The molecular weight excluding hydrogens is 378 g/mol. The van der Waals surface area contributed by atoms with Crippen molar-refractivity contribution < 1.29 is 9.53 Å². The topological polar surface area (TPSA) is 70.6 Å². The number of hydrogen-bond acceptors (Lipinski definition) is 6. The number of carbonyl (C=O) groups is 1. The molecule has 3 heterocycles. The van der Waals surface area contributed by atoms with Gasteiger partial charge in [0.05, 0.1) is 0 Å². The maximum absolute atomic E-state index is 12.0. The number of hydrogen-bond donors (Lipinski definition) is 1. The molecule has 1 atom stereocenters. The highest BCUT2D eigenvalue weighted by atomic mass is 35.5. The average Bonchev–Trinajstić information content (AvgIpc) is 3.08. The number of anilines is 1. The molecule has 8 heteroatoms. The van der Waals surface area contributed by atoms with Crippen molar-refractivity contribution >= 4 is 23.6 Å². The second-order valence-electron chi connectivity index (χ2n) is 8.68. The van der Waals surface area contributed by atoms with Crippen LogP contribution in [0.4, 0.5) is 10.7 Å². The van der Waals surface area contributed by atoms with Crippen LogP contribution >= 0.6 is 11.6 Å². The first-order valence-corrected chi connectivity index (χ1v) is 10.6. The minimum atomic E-state index is -0.463. The van der Waals surface area contributed by atoms with Crippen molar-refractivity contribution in [1.82, 2.24) is 20.2 Å². The zero-order valence-corrected chi connectivity index (χ0v) is 18.1. The van der Waals surface area contributed by atoms with Crippen molar-refractivity contribution in [2.45, 2.75) is 71.1 Å². The smallest absolute Gasteiger partial charge is 0.407 e. The normalized spacial score (nSPS) is 21.8. The van der Waals surface area contributed by atoms with Crippen LogP contribution in [-0.4, -0.2) is 64.8 Å². The summed E-state index contributed by atoms with van der Waals surface area (Å²) in [6.45, 7) is 11.4. The summed E-state index contributed by atoms with van der Waals surface area (Å²) in [5.41, 5.74) is 0.524. The van der Waals surface area contributed by atoms with Crippen LogP contribution in [0.15, 0.2) is 6.20 Å². The van der Waals surface area contributed by atoms with Gasteiger partial charge in [0, 0.05) is 50.0 Å². The Hall–Kier alpha value is -1.60. The van der Waals surface area contributed by atoms with Crippen LogP contribution in [0, 0.1) is 0 Å². The van der Waals surface area contributed by atoms with E-state index in [1.165, 1.54) is 0 Å². The molecule has 0 aliphatic carbocycles. The maximum atomic E-state index is 12.0. The van der Waals surface area contributed by atoms with E-state index in [-0.39, 0.29) is 12.1 Å². The van der Waals surface area contributed by atoms with Crippen LogP contribution in [-0.2, 0) is 11.2 Å². The minimum absolute atomic E-state index is 0.164. The van der Waals surface area contributed by atoms with E-state index in [0.717, 1.165) is 63.4 Å². The lowest BCUT2D eigenvalue weighted by molar-refractivity contribution is 0.0504. The van der Waals surface area contributed by atoms with Crippen molar-refractivity contribution in [2.24, 2.45) is 0 Å². The molecule has 1 amide bonds. The van der Waals surface area contributed by atoms with Crippen LogP contribution in [0.3, 0.4) is 0 Å². The van der Waals surface area contributed by atoms with E-state index < -0.39 is 5.60 Å². The standard InChI is InChI=1S/C20H32ClN5O2/c1-5-14-12-22-18(24-17(14)21)25-10-7-16(8-11-25)26-9-6-15(13-26)23-19(27)28-20(2,3)4/h12,15-16H,5-11,13H2,1-4H3,(H,23,27). The molecule has 2 aliphatic heterocycles. The molecule has 0 saturated carbocycles. The molecule has 3 rings (SSSR count). The molecule has 2 aliphatic rings. The third kappa shape index (κ3) is 5.47. The Balaban J connectivity index is 1.47. The van der Waals surface area contributed by atoms with Gasteiger partial charge < -0.3 is 15.0 Å². The quantitative estimate of drug-likeness (QED) is 0.769. The van der Waals surface area contributed by atoms with Crippen LogP contribution in [0.1, 0.15) is 52.5 Å².